The van der Waals surface area contributed by atoms with E-state index in [0.717, 1.165) is 26.4 Å². The van der Waals surface area contributed by atoms with E-state index in [1.165, 1.54) is 0 Å². The minimum Gasteiger partial charge on any atom is -0.465 e. The molecule has 0 unspecified atom stereocenters. The van der Waals surface area contributed by atoms with Crippen LogP contribution in [0.5, 0.6) is 5.75 Å². The van der Waals surface area contributed by atoms with E-state index in [4.69, 9.17) is 9.47 Å². The maximum atomic E-state index is 5.74. The molecule has 19 heavy (non-hydrogen) atoms. The Kier molecular flexibility index (Phi) is 3.44. The van der Waals surface area contributed by atoms with Crippen molar-refractivity contribution in [2.45, 2.75) is 0 Å². The van der Waals surface area contributed by atoms with Crippen LogP contribution < -0.4 is 4.74 Å². The van der Waals surface area contributed by atoms with Gasteiger partial charge in [-0.3, -0.25) is 0 Å². The van der Waals surface area contributed by atoms with E-state index in [-0.39, 0.29) is 6.79 Å². The first-order valence-corrected chi connectivity index (χ1v) is 6.76. The Labute approximate surface area is 115 Å². The number of benzene rings is 1. The van der Waals surface area contributed by atoms with Gasteiger partial charge in [0.2, 0.25) is 0 Å². The second kappa shape index (κ2) is 5.38. The average molecular weight is 271 g/mol. The molecule has 0 fully saturated rings. The third kappa shape index (κ3) is 2.32. The Balaban J connectivity index is 2.17. The topological polar surface area (TPSA) is 31.4 Å². The Morgan fingerprint density at radius 2 is 1.95 bits per heavy atom. The van der Waals surface area contributed by atoms with Crippen molar-refractivity contribution in [3.8, 4) is 16.2 Å². The number of hydrogen-bond acceptors (Lipinski definition) is 4. The van der Waals surface area contributed by atoms with Crippen LogP contribution in [0.3, 0.4) is 0 Å². The first-order chi connectivity index (χ1) is 9.40. The fraction of sp³-hybridized carbons (Fsp3) is 0.133. The quantitative estimate of drug-likeness (QED) is 0.673. The Morgan fingerprint density at radius 1 is 1.11 bits per heavy atom. The van der Waals surface area contributed by atoms with Gasteiger partial charge in [-0.1, -0.05) is 30.3 Å². The number of methoxy groups -OCH3 is 1. The second-order valence-electron chi connectivity index (χ2n) is 4.03. The van der Waals surface area contributed by atoms with Gasteiger partial charge >= 0.3 is 0 Å². The molecule has 0 aliphatic carbocycles. The summed E-state index contributed by atoms with van der Waals surface area (Å²) in [5.41, 5.74) is 1.14. The molecule has 0 atom stereocenters. The molecule has 0 saturated carbocycles. The molecule has 2 heterocycles. The molecule has 3 nitrogen and oxygen atoms in total. The summed E-state index contributed by atoms with van der Waals surface area (Å²) in [5, 5.41) is 1.03. The molecular formula is C15H13NO2S. The fourth-order valence-electron chi connectivity index (χ4n) is 1.95. The molecule has 0 saturated heterocycles. The highest BCUT2D eigenvalue weighted by atomic mass is 32.1. The van der Waals surface area contributed by atoms with E-state index < -0.39 is 0 Å². The van der Waals surface area contributed by atoms with Crippen molar-refractivity contribution in [1.82, 2.24) is 4.98 Å². The summed E-state index contributed by atoms with van der Waals surface area (Å²) in [6.45, 7) is 0.237. The van der Waals surface area contributed by atoms with E-state index in [1.54, 1.807) is 24.6 Å². The molecule has 0 bridgehead atoms. The predicted molar refractivity (Wildman–Crippen MR) is 77.6 cm³/mol. The lowest BCUT2D eigenvalue weighted by molar-refractivity contribution is 0.0528. The molecule has 0 aliphatic rings. The highest BCUT2D eigenvalue weighted by Gasteiger charge is 2.15. The molecule has 0 radical (unpaired) electrons. The van der Waals surface area contributed by atoms with Crippen LogP contribution in [0, 0.1) is 0 Å². The van der Waals surface area contributed by atoms with Crippen LogP contribution in [0.2, 0.25) is 0 Å². The second-order valence-corrected chi connectivity index (χ2v) is 5.03. The molecule has 0 amide bonds. The van der Waals surface area contributed by atoms with Crippen LogP contribution in [0.1, 0.15) is 0 Å². The summed E-state index contributed by atoms with van der Waals surface area (Å²) in [6.07, 6.45) is 1.80. The van der Waals surface area contributed by atoms with Crippen LogP contribution in [0.4, 0.5) is 0 Å². The third-order valence-corrected chi connectivity index (χ3v) is 3.92. The standard InChI is InChI=1S/C15H13NO2S/c1-17-10-18-13-12-8-5-9-16-15(12)19-14(13)11-6-3-2-4-7-11/h2-9H,10H2,1H3. The van der Waals surface area contributed by atoms with Gasteiger partial charge in [-0.2, -0.15) is 0 Å². The van der Waals surface area contributed by atoms with Gasteiger partial charge in [-0.15, -0.1) is 11.3 Å². The van der Waals surface area contributed by atoms with Crippen LogP contribution in [-0.2, 0) is 4.74 Å². The fourth-order valence-corrected chi connectivity index (χ4v) is 3.04. The molecule has 96 valence electrons. The molecule has 4 heteroatoms. The highest BCUT2D eigenvalue weighted by molar-refractivity contribution is 7.22. The van der Waals surface area contributed by atoms with Gasteiger partial charge in [0.15, 0.2) is 12.5 Å². The van der Waals surface area contributed by atoms with Crippen molar-refractivity contribution in [3.05, 3.63) is 48.7 Å². The molecule has 2 aromatic heterocycles. The minimum absolute atomic E-state index is 0.237. The molecule has 3 rings (SSSR count). The van der Waals surface area contributed by atoms with E-state index in [9.17, 15) is 0 Å². The van der Waals surface area contributed by atoms with Gasteiger partial charge < -0.3 is 9.47 Å². The summed E-state index contributed by atoms with van der Waals surface area (Å²) in [6, 6.07) is 14.1. The zero-order chi connectivity index (χ0) is 13.1. The molecule has 1 aromatic carbocycles. The summed E-state index contributed by atoms with van der Waals surface area (Å²) < 4.78 is 10.8. The van der Waals surface area contributed by atoms with Crippen LogP contribution in [0.15, 0.2) is 48.7 Å². The number of thiophene rings is 1. The minimum atomic E-state index is 0.237. The predicted octanol–water partition coefficient (Wildman–Crippen LogP) is 3.95. The van der Waals surface area contributed by atoms with E-state index in [2.05, 4.69) is 17.1 Å². The van der Waals surface area contributed by atoms with Gasteiger partial charge in [0.25, 0.3) is 0 Å². The van der Waals surface area contributed by atoms with Crippen molar-refractivity contribution in [2.75, 3.05) is 13.9 Å². The summed E-state index contributed by atoms with van der Waals surface area (Å²) in [5.74, 6) is 0.848. The largest absolute Gasteiger partial charge is 0.465 e. The lowest BCUT2D eigenvalue weighted by atomic mass is 10.1. The number of rotatable bonds is 4. The monoisotopic (exact) mass is 271 g/mol. The van der Waals surface area contributed by atoms with Crippen molar-refractivity contribution in [2.24, 2.45) is 0 Å². The average Bonchev–Trinajstić information content (AvgIpc) is 2.85. The van der Waals surface area contributed by atoms with Gasteiger partial charge in [0.05, 0.1) is 10.3 Å². The smallest absolute Gasteiger partial charge is 0.188 e. The number of nitrogens with zero attached hydrogens (tertiary/aromatic N) is 1. The molecular weight excluding hydrogens is 258 g/mol. The van der Waals surface area contributed by atoms with Crippen LogP contribution in [-0.4, -0.2) is 18.9 Å². The van der Waals surface area contributed by atoms with Crippen molar-refractivity contribution in [3.63, 3.8) is 0 Å². The Morgan fingerprint density at radius 3 is 2.74 bits per heavy atom. The first kappa shape index (κ1) is 12.1. The van der Waals surface area contributed by atoms with Gasteiger partial charge in [0, 0.05) is 13.3 Å². The van der Waals surface area contributed by atoms with E-state index in [0.29, 0.717) is 0 Å². The molecule has 0 N–H and O–H groups in total. The molecule has 0 aliphatic heterocycles. The highest BCUT2D eigenvalue weighted by Crippen LogP contribution is 2.43. The zero-order valence-corrected chi connectivity index (χ0v) is 11.3. The van der Waals surface area contributed by atoms with Gasteiger partial charge in [-0.05, 0) is 17.7 Å². The lowest BCUT2D eigenvalue weighted by Crippen LogP contribution is -1.99. The number of fused-ring (bicyclic) bond motifs is 1. The van der Waals surface area contributed by atoms with Crippen molar-refractivity contribution < 1.29 is 9.47 Å². The normalized spacial score (nSPS) is 10.8. The summed E-state index contributed by atoms with van der Waals surface area (Å²) >= 11 is 1.64. The van der Waals surface area contributed by atoms with Crippen LogP contribution in [0.25, 0.3) is 20.7 Å². The van der Waals surface area contributed by atoms with Crippen LogP contribution >= 0.6 is 11.3 Å². The summed E-state index contributed by atoms with van der Waals surface area (Å²) in [7, 11) is 1.62. The maximum Gasteiger partial charge on any atom is 0.188 e. The number of pyridine rings is 1. The SMILES string of the molecule is COCOc1c(-c2ccccc2)sc2ncccc12. The zero-order valence-electron chi connectivity index (χ0n) is 10.5. The lowest BCUT2D eigenvalue weighted by Gasteiger charge is -2.06. The Bertz CT molecular complexity index is 679. The van der Waals surface area contributed by atoms with Gasteiger partial charge in [-0.25, -0.2) is 4.98 Å². The van der Waals surface area contributed by atoms with Gasteiger partial charge in [0.1, 0.15) is 4.83 Å². The first-order valence-electron chi connectivity index (χ1n) is 5.95. The number of hydrogen-bond donors (Lipinski definition) is 0. The number of ether oxygens (including phenoxy) is 2. The van der Waals surface area contributed by atoms with E-state index in [1.807, 2.05) is 30.3 Å². The van der Waals surface area contributed by atoms with Crippen molar-refractivity contribution in [1.29, 1.82) is 0 Å². The summed E-state index contributed by atoms with van der Waals surface area (Å²) in [4.78, 5) is 6.46. The van der Waals surface area contributed by atoms with E-state index >= 15 is 0 Å². The van der Waals surface area contributed by atoms with Crippen molar-refractivity contribution >= 4 is 21.6 Å². The number of aromatic nitrogens is 1. The third-order valence-electron chi connectivity index (χ3n) is 2.78. The molecule has 3 aromatic rings. The molecule has 0 spiro atoms. The Hall–Kier alpha value is -1.91. The maximum absolute atomic E-state index is 5.74.